The molecule has 0 radical (unpaired) electrons. The van der Waals surface area contributed by atoms with Crippen LogP contribution in [0.3, 0.4) is 0 Å². The number of nitrogens with two attached hydrogens (primary N) is 1. The normalized spacial score (nSPS) is 13.8. The average molecular weight is 232 g/mol. The van der Waals surface area contributed by atoms with Crippen LogP contribution in [0.4, 0.5) is 5.95 Å². The molecule has 0 amide bonds. The zero-order valence-corrected chi connectivity index (χ0v) is 9.06. The SMILES string of the molecule is C[C@@H](NCc1cnc(N)nc1)P(=O)(O)O. The van der Waals surface area contributed by atoms with Crippen molar-refractivity contribution >= 4 is 13.5 Å². The summed E-state index contributed by atoms with van der Waals surface area (Å²) in [6, 6.07) is 0. The lowest BCUT2D eigenvalue weighted by molar-refractivity contribution is 0.350. The maximum atomic E-state index is 10.8. The Bertz CT molecular complexity index is 363. The van der Waals surface area contributed by atoms with Crippen molar-refractivity contribution < 1.29 is 14.4 Å². The third-order valence-electron chi connectivity index (χ3n) is 1.83. The summed E-state index contributed by atoms with van der Waals surface area (Å²) in [5, 5.41) is 2.67. The van der Waals surface area contributed by atoms with Crippen LogP contribution in [0.5, 0.6) is 0 Å². The molecule has 0 bridgehead atoms. The van der Waals surface area contributed by atoms with Crippen molar-refractivity contribution in [2.24, 2.45) is 0 Å². The lowest BCUT2D eigenvalue weighted by Crippen LogP contribution is -2.25. The van der Waals surface area contributed by atoms with Crippen molar-refractivity contribution in [2.45, 2.75) is 19.3 Å². The number of anilines is 1. The zero-order valence-electron chi connectivity index (χ0n) is 8.16. The van der Waals surface area contributed by atoms with Crippen molar-refractivity contribution in [3.63, 3.8) is 0 Å². The molecule has 1 heterocycles. The summed E-state index contributed by atoms with van der Waals surface area (Å²) >= 11 is 0. The van der Waals surface area contributed by atoms with Crippen LogP contribution in [0.25, 0.3) is 0 Å². The van der Waals surface area contributed by atoms with Gasteiger partial charge in [0.15, 0.2) is 0 Å². The fourth-order valence-electron chi connectivity index (χ4n) is 0.841. The van der Waals surface area contributed by atoms with Crippen molar-refractivity contribution in [1.29, 1.82) is 0 Å². The Balaban J connectivity index is 2.51. The second-order valence-corrected chi connectivity index (χ2v) is 5.05. The molecule has 0 aliphatic heterocycles. The maximum absolute atomic E-state index is 10.8. The van der Waals surface area contributed by atoms with Gasteiger partial charge in [-0.2, -0.15) is 0 Å². The smallest absolute Gasteiger partial charge is 0.342 e. The number of hydrogen-bond acceptors (Lipinski definition) is 5. The molecule has 84 valence electrons. The molecule has 0 spiro atoms. The number of hydrogen-bond donors (Lipinski definition) is 4. The van der Waals surface area contributed by atoms with Crippen LogP contribution in [0.2, 0.25) is 0 Å². The minimum absolute atomic E-state index is 0.168. The average Bonchev–Trinajstić information content (AvgIpc) is 2.15. The molecule has 1 atom stereocenters. The van der Waals surface area contributed by atoms with E-state index < -0.39 is 13.4 Å². The van der Waals surface area contributed by atoms with Crippen molar-refractivity contribution in [1.82, 2.24) is 15.3 Å². The van der Waals surface area contributed by atoms with Gasteiger partial charge in [0, 0.05) is 24.5 Å². The van der Waals surface area contributed by atoms with Crippen LogP contribution in [-0.2, 0) is 11.1 Å². The molecule has 7 nitrogen and oxygen atoms in total. The molecule has 1 aromatic rings. The number of nitrogens with zero attached hydrogens (tertiary/aromatic N) is 2. The van der Waals surface area contributed by atoms with E-state index in [1.165, 1.54) is 19.3 Å². The highest BCUT2D eigenvalue weighted by Gasteiger charge is 2.22. The second-order valence-electron chi connectivity index (χ2n) is 3.10. The summed E-state index contributed by atoms with van der Waals surface area (Å²) in [4.78, 5) is 25.1. The van der Waals surface area contributed by atoms with E-state index in [-0.39, 0.29) is 12.5 Å². The van der Waals surface area contributed by atoms with Gasteiger partial charge in [-0.15, -0.1) is 0 Å². The number of nitrogens with one attached hydrogen (secondary N) is 1. The lowest BCUT2D eigenvalue weighted by Gasteiger charge is -2.14. The molecule has 0 unspecified atom stereocenters. The van der Waals surface area contributed by atoms with Crippen LogP contribution in [0.1, 0.15) is 12.5 Å². The molecular formula is C7H13N4O3P. The standard InChI is InChI=1S/C7H13N4O3P/c1-5(15(12,13)14)9-2-6-3-10-7(8)11-4-6/h3-5,9H,2H2,1H3,(H2,8,10,11)(H2,12,13,14)/t5-/m0/s1. The Morgan fingerprint density at radius 1 is 1.53 bits per heavy atom. The molecule has 5 N–H and O–H groups in total. The van der Waals surface area contributed by atoms with Crippen LogP contribution in [0.15, 0.2) is 12.4 Å². The molecule has 0 saturated heterocycles. The van der Waals surface area contributed by atoms with Crippen molar-refractivity contribution in [2.75, 3.05) is 5.73 Å². The minimum atomic E-state index is -4.08. The number of aromatic nitrogens is 2. The molecule has 1 aromatic heterocycles. The summed E-state index contributed by atoms with van der Waals surface area (Å²) in [7, 11) is -4.08. The first kappa shape index (κ1) is 12.1. The largest absolute Gasteiger partial charge is 0.368 e. The van der Waals surface area contributed by atoms with Gasteiger partial charge in [-0.25, -0.2) is 9.97 Å². The third-order valence-corrected chi connectivity index (χ3v) is 3.02. The topological polar surface area (TPSA) is 121 Å². The van der Waals surface area contributed by atoms with E-state index in [0.717, 1.165) is 0 Å². The Kier molecular flexibility index (Phi) is 3.76. The van der Waals surface area contributed by atoms with Crippen LogP contribution < -0.4 is 11.1 Å². The molecule has 8 heteroatoms. The first-order chi connectivity index (χ1) is 6.89. The Morgan fingerprint density at radius 3 is 2.53 bits per heavy atom. The van der Waals surface area contributed by atoms with E-state index in [1.54, 1.807) is 0 Å². The molecule has 0 aliphatic rings. The quantitative estimate of drug-likeness (QED) is 0.524. The van der Waals surface area contributed by atoms with Gasteiger partial charge < -0.3 is 15.5 Å². The molecule has 0 aliphatic carbocycles. The van der Waals surface area contributed by atoms with Gasteiger partial charge in [0.05, 0.1) is 0 Å². The van der Waals surface area contributed by atoms with Crippen LogP contribution >= 0.6 is 7.60 Å². The number of nitrogen functional groups attached to an aromatic ring is 1. The lowest BCUT2D eigenvalue weighted by atomic mass is 10.3. The van der Waals surface area contributed by atoms with E-state index in [4.69, 9.17) is 15.5 Å². The highest BCUT2D eigenvalue weighted by molar-refractivity contribution is 7.52. The predicted molar refractivity (Wildman–Crippen MR) is 54.8 cm³/mol. The Labute approximate surface area is 86.9 Å². The highest BCUT2D eigenvalue weighted by atomic mass is 31.2. The van der Waals surface area contributed by atoms with Gasteiger partial charge in [-0.05, 0) is 6.92 Å². The Morgan fingerprint density at radius 2 is 2.07 bits per heavy atom. The third kappa shape index (κ3) is 3.93. The second kappa shape index (κ2) is 4.67. The minimum Gasteiger partial charge on any atom is -0.368 e. The molecule has 0 saturated carbocycles. The van der Waals surface area contributed by atoms with Gasteiger partial charge in [-0.3, -0.25) is 9.88 Å². The highest BCUT2D eigenvalue weighted by Crippen LogP contribution is 2.39. The van der Waals surface area contributed by atoms with E-state index in [1.807, 2.05) is 0 Å². The fraction of sp³-hybridized carbons (Fsp3) is 0.429. The summed E-state index contributed by atoms with van der Waals surface area (Å²) in [6.07, 6.45) is 3.00. The summed E-state index contributed by atoms with van der Waals surface area (Å²) < 4.78 is 10.8. The molecule has 15 heavy (non-hydrogen) atoms. The summed E-state index contributed by atoms with van der Waals surface area (Å²) in [5.74, 6) is -0.725. The molecule has 0 aromatic carbocycles. The monoisotopic (exact) mass is 232 g/mol. The van der Waals surface area contributed by atoms with Crippen molar-refractivity contribution in [3.05, 3.63) is 18.0 Å². The van der Waals surface area contributed by atoms with Gasteiger partial charge in [-0.1, -0.05) is 0 Å². The van der Waals surface area contributed by atoms with Gasteiger partial charge >= 0.3 is 7.60 Å². The fourth-order valence-corrected chi connectivity index (χ4v) is 1.17. The molecular weight excluding hydrogens is 219 g/mol. The number of rotatable bonds is 4. The van der Waals surface area contributed by atoms with Gasteiger partial charge in [0.1, 0.15) is 5.78 Å². The van der Waals surface area contributed by atoms with Gasteiger partial charge in [0.25, 0.3) is 0 Å². The van der Waals surface area contributed by atoms with Gasteiger partial charge in [0.2, 0.25) is 5.95 Å². The summed E-state index contributed by atoms with van der Waals surface area (Å²) in [6.45, 7) is 1.70. The first-order valence-corrected chi connectivity index (χ1v) is 5.93. The van der Waals surface area contributed by atoms with E-state index in [0.29, 0.717) is 5.56 Å². The first-order valence-electron chi connectivity index (χ1n) is 4.24. The molecule has 1 rings (SSSR count). The van der Waals surface area contributed by atoms with Crippen LogP contribution in [-0.4, -0.2) is 25.5 Å². The Hall–Kier alpha value is -1.01. The predicted octanol–water partition coefficient (Wildman–Crippen LogP) is -0.328. The van der Waals surface area contributed by atoms with Crippen LogP contribution in [0, 0.1) is 0 Å². The van der Waals surface area contributed by atoms with Crippen molar-refractivity contribution in [3.8, 4) is 0 Å². The van der Waals surface area contributed by atoms with E-state index in [9.17, 15) is 4.57 Å². The zero-order chi connectivity index (χ0) is 11.5. The van der Waals surface area contributed by atoms with E-state index >= 15 is 0 Å². The molecule has 0 fully saturated rings. The maximum Gasteiger partial charge on any atom is 0.342 e. The summed E-state index contributed by atoms with van der Waals surface area (Å²) in [5.41, 5.74) is 6.00. The van der Waals surface area contributed by atoms with E-state index in [2.05, 4.69) is 15.3 Å².